The van der Waals surface area contributed by atoms with E-state index in [1.165, 1.54) is 14.2 Å². The van der Waals surface area contributed by atoms with Crippen molar-refractivity contribution in [3.05, 3.63) is 12.2 Å². The van der Waals surface area contributed by atoms with Crippen LogP contribution < -0.4 is 0 Å². The number of carbonyl (C=O) groups excluding carboxylic acids is 2. The van der Waals surface area contributed by atoms with Gasteiger partial charge in [0.1, 0.15) is 0 Å². The minimum atomic E-state index is -1.08. The Labute approximate surface area is 99.2 Å². The fourth-order valence-corrected chi connectivity index (χ4v) is 1.23. The van der Waals surface area contributed by atoms with Gasteiger partial charge in [0, 0.05) is 12.0 Å². The summed E-state index contributed by atoms with van der Waals surface area (Å²) in [6.07, 6.45) is 0.0406. The molecule has 0 amide bonds. The number of esters is 2. The smallest absolute Gasteiger partial charge is 0.333 e. The van der Waals surface area contributed by atoms with Gasteiger partial charge in [0.25, 0.3) is 0 Å². The summed E-state index contributed by atoms with van der Waals surface area (Å²) in [5.74, 6) is -3.06. The van der Waals surface area contributed by atoms with Crippen LogP contribution >= 0.6 is 0 Å². The predicted molar refractivity (Wildman–Crippen MR) is 58.1 cm³/mol. The van der Waals surface area contributed by atoms with Crippen molar-refractivity contribution in [1.82, 2.24) is 0 Å². The zero-order chi connectivity index (χ0) is 13.4. The first-order chi connectivity index (χ1) is 7.92. The number of hydrogen-bond acceptors (Lipinski definition) is 5. The van der Waals surface area contributed by atoms with Crippen LogP contribution in [0.25, 0.3) is 0 Å². The molecule has 6 heteroatoms. The largest absolute Gasteiger partial charge is 0.481 e. The van der Waals surface area contributed by atoms with E-state index in [4.69, 9.17) is 5.11 Å². The maximum atomic E-state index is 11.1. The van der Waals surface area contributed by atoms with Crippen LogP contribution in [0.5, 0.6) is 0 Å². The highest BCUT2D eigenvalue weighted by molar-refractivity contribution is 5.88. The summed E-state index contributed by atoms with van der Waals surface area (Å²) >= 11 is 0. The summed E-state index contributed by atoms with van der Waals surface area (Å²) < 4.78 is 8.82. The predicted octanol–water partition coefficient (Wildman–Crippen LogP) is 0.760. The summed E-state index contributed by atoms with van der Waals surface area (Å²) in [5, 5.41) is 8.92. The molecule has 17 heavy (non-hydrogen) atoms. The minimum absolute atomic E-state index is 0.0120. The normalized spacial score (nSPS) is 11.4. The zero-order valence-corrected chi connectivity index (χ0v) is 9.89. The Morgan fingerprint density at radius 1 is 1.24 bits per heavy atom. The number of methoxy groups -OCH3 is 2. The van der Waals surface area contributed by atoms with E-state index < -0.39 is 23.8 Å². The van der Waals surface area contributed by atoms with Crippen molar-refractivity contribution < 1.29 is 29.0 Å². The van der Waals surface area contributed by atoms with Gasteiger partial charge >= 0.3 is 17.9 Å². The quantitative estimate of drug-likeness (QED) is 0.525. The molecule has 0 aromatic rings. The van der Waals surface area contributed by atoms with Gasteiger partial charge in [-0.25, -0.2) is 4.79 Å². The van der Waals surface area contributed by atoms with Crippen LogP contribution in [0, 0.1) is 5.92 Å². The highest BCUT2D eigenvalue weighted by Gasteiger charge is 2.22. The van der Waals surface area contributed by atoms with Crippen LogP contribution in [-0.2, 0) is 23.9 Å². The lowest BCUT2D eigenvalue weighted by molar-refractivity contribution is -0.144. The Morgan fingerprint density at radius 2 is 1.82 bits per heavy atom. The highest BCUT2D eigenvalue weighted by atomic mass is 16.5. The minimum Gasteiger partial charge on any atom is -0.481 e. The van der Waals surface area contributed by atoms with E-state index in [1.807, 2.05) is 0 Å². The van der Waals surface area contributed by atoms with Gasteiger partial charge in [0.05, 0.1) is 20.1 Å². The van der Waals surface area contributed by atoms with Gasteiger partial charge < -0.3 is 14.6 Å². The third kappa shape index (κ3) is 5.70. The monoisotopic (exact) mass is 244 g/mol. The Kier molecular flexibility index (Phi) is 6.62. The number of carboxylic acid groups (broad SMARTS) is 1. The van der Waals surface area contributed by atoms with Gasteiger partial charge in [-0.3, -0.25) is 9.59 Å². The van der Waals surface area contributed by atoms with Crippen molar-refractivity contribution in [3.63, 3.8) is 0 Å². The van der Waals surface area contributed by atoms with Crippen LogP contribution in [-0.4, -0.2) is 37.2 Å². The molecule has 0 aliphatic carbocycles. The molecule has 6 nitrogen and oxygen atoms in total. The Morgan fingerprint density at radius 3 is 2.24 bits per heavy atom. The van der Waals surface area contributed by atoms with Gasteiger partial charge in [0.15, 0.2) is 0 Å². The highest BCUT2D eigenvalue weighted by Crippen LogP contribution is 2.17. The SMILES string of the molecule is C=C(CC(CCC(=O)OC)C(=O)O)C(=O)OC. The summed E-state index contributed by atoms with van der Waals surface area (Å²) in [6, 6.07) is 0. The Bertz CT molecular complexity index is 320. The molecule has 0 rings (SSSR count). The van der Waals surface area contributed by atoms with E-state index >= 15 is 0 Å². The number of ether oxygens (including phenoxy) is 2. The summed E-state index contributed by atoms with van der Waals surface area (Å²) in [6.45, 7) is 3.44. The average molecular weight is 244 g/mol. The van der Waals surface area contributed by atoms with Crippen molar-refractivity contribution in [3.8, 4) is 0 Å². The third-order valence-electron chi connectivity index (χ3n) is 2.24. The fourth-order valence-electron chi connectivity index (χ4n) is 1.23. The van der Waals surface area contributed by atoms with E-state index in [9.17, 15) is 14.4 Å². The van der Waals surface area contributed by atoms with Gasteiger partial charge in [-0.05, 0) is 12.8 Å². The van der Waals surface area contributed by atoms with E-state index in [0.29, 0.717) is 0 Å². The number of rotatable bonds is 7. The second-order valence-corrected chi connectivity index (χ2v) is 3.45. The molecule has 0 aromatic carbocycles. The molecule has 0 saturated heterocycles. The molecule has 0 aliphatic heterocycles. The average Bonchev–Trinajstić information content (AvgIpc) is 2.31. The maximum Gasteiger partial charge on any atom is 0.333 e. The van der Waals surface area contributed by atoms with Crippen molar-refractivity contribution in [1.29, 1.82) is 0 Å². The molecular formula is C11H16O6. The molecule has 0 aromatic heterocycles. The van der Waals surface area contributed by atoms with Crippen LogP contribution in [0.15, 0.2) is 12.2 Å². The first-order valence-corrected chi connectivity index (χ1v) is 4.98. The molecular weight excluding hydrogens is 228 g/mol. The first kappa shape index (κ1) is 15.2. The van der Waals surface area contributed by atoms with Crippen molar-refractivity contribution >= 4 is 17.9 Å². The molecule has 0 aliphatic rings. The van der Waals surface area contributed by atoms with E-state index in [2.05, 4.69) is 16.1 Å². The molecule has 0 spiro atoms. The topological polar surface area (TPSA) is 89.9 Å². The van der Waals surface area contributed by atoms with Crippen molar-refractivity contribution in [2.75, 3.05) is 14.2 Å². The van der Waals surface area contributed by atoms with E-state index in [-0.39, 0.29) is 24.8 Å². The van der Waals surface area contributed by atoms with Gasteiger partial charge in [-0.15, -0.1) is 0 Å². The number of aliphatic carboxylic acids is 1. The summed E-state index contributed by atoms with van der Waals surface area (Å²) in [5.41, 5.74) is 0.0739. The Hall–Kier alpha value is -1.85. The molecule has 1 N–H and O–H groups in total. The Balaban J connectivity index is 4.35. The number of carboxylic acids is 1. The molecule has 1 unspecified atom stereocenters. The van der Waals surface area contributed by atoms with Crippen LogP contribution in [0.3, 0.4) is 0 Å². The van der Waals surface area contributed by atoms with Crippen LogP contribution in [0.4, 0.5) is 0 Å². The van der Waals surface area contributed by atoms with Crippen molar-refractivity contribution in [2.45, 2.75) is 19.3 Å². The zero-order valence-electron chi connectivity index (χ0n) is 9.89. The van der Waals surface area contributed by atoms with Crippen LogP contribution in [0.1, 0.15) is 19.3 Å². The number of carbonyl (C=O) groups is 3. The summed E-state index contributed by atoms with van der Waals surface area (Å²) in [4.78, 5) is 32.8. The lowest BCUT2D eigenvalue weighted by Gasteiger charge is -2.12. The fraction of sp³-hybridized carbons (Fsp3) is 0.545. The summed E-state index contributed by atoms with van der Waals surface area (Å²) in [7, 11) is 2.42. The molecule has 0 saturated carbocycles. The van der Waals surface area contributed by atoms with E-state index in [1.54, 1.807) is 0 Å². The van der Waals surface area contributed by atoms with E-state index in [0.717, 1.165) is 0 Å². The molecule has 96 valence electrons. The second-order valence-electron chi connectivity index (χ2n) is 3.45. The van der Waals surface area contributed by atoms with Gasteiger partial charge in [0.2, 0.25) is 0 Å². The van der Waals surface area contributed by atoms with Crippen molar-refractivity contribution in [2.24, 2.45) is 5.92 Å². The second kappa shape index (κ2) is 7.43. The van der Waals surface area contributed by atoms with Crippen LogP contribution in [0.2, 0.25) is 0 Å². The molecule has 0 heterocycles. The molecule has 0 radical (unpaired) electrons. The first-order valence-electron chi connectivity index (χ1n) is 4.98. The lowest BCUT2D eigenvalue weighted by Crippen LogP contribution is -2.18. The molecule has 1 atom stereocenters. The lowest BCUT2D eigenvalue weighted by atomic mass is 9.95. The third-order valence-corrected chi connectivity index (χ3v) is 2.24. The maximum absolute atomic E-state index is 11.1. The number of hydrogen-bond donors (Lipinski definition) is 1. The van der Waals surface area contributed by atoms with Gasteiger partial charge in [-0.1, -0.05) is 6.58 Å². The standard InChI is InChI=1S/C11H16O6/c1-7(11(15)17-3)6-8(10(13)14)4-5-9(12)16-2/h8H,1,4-6H2,2-3H3,(H,13,14). The molecule has 0 fully saturated rings. The molecule has 0 bridgehead atoms. The van der Waals surface area contributed by atoms with Gasteiger partial charge in [-0.2, -0.15) is 0 Å².